The topological polar surface area (TPSA) is 268 Å². The van der Waals surface area contributed by atoms with Crippen molar-refractivity contribution in [2.45, 2.75) is 87.4 Å². The number of ether oxygens (including phenoxy) is 2. The van der Waals surface area contributed by atoms with Crippen LogP contribution < -0.4 is 28.7 Å². The lowest BCUT2D eigenvalue weighted by molar-refractivity contribution is -0.275. The molecule has 4 aromatic heterocycles. The van der Waals surface area contributed by atoms with Gasteiger partial charge in [-0.15, -0.1) is 46.7 Å². The molecule has 0 unspecified atom stereocenters. The summed E-state index contributed by atoms with van der Waals surface area (Å²) in [6, 6.07) is 19.0. The molecule has 0 saturated carbocycles. The molecular formula is C49H38F12N14O8S2. The van der Waals surface area contributed by atoms with E-state index in [0.717, 1.165) is 78.9 Å². The van der Waals surface area contributed by atoms with Crippen molar-refractivity contribution in [3.05, 3.63) is 132 Å². The summed E-state index contributed by atoms with van der Waals surface area (Å²) in [5, 5.41) is 39.6. The van der Waals surface area contributed by atoms with Gasteiger partial charge in [-0.05, 0) is 116 Å². The fourth-order valence-corrected chi connectivity index (χ4v) is 11.3. The molecule has 10 rings (SSSR count). The number of fused-ring (bicyclic) bond motifs is 4. The molecular weight excluding hydrogens is 1200 g/mol. The summed E-state index contributed by atoms with van der Waals surface area (Å²) in [6.45, 7) is 2.93. The maximum absolute atomic E-state index is 14.1. The van der Waals surface area contributed by atoms with Crippen LogP contribution >= 0.6 is 0 Å². The van der Waals surface area contributed by atoms with E-state index in [2.05, 4.69) is 60.9 Å². The smallest absolute Gasteiger partial charge is 0.406 e. The number of hydrogen-bond acceptors (Lipinski definition) is 18. The number of pyridine rings is 2. The number of halogens is 12. The zero-order valence-electron chi connectivity index (χ0n) is 43.2. The summed E-state index contributed by atoms with van der Waals surface area (Å²) in [6.07, 6.45) is -19.6. The number of Topliss-reactive ketones (excluding diaryl/α,β-unsaturated/α-hetero) is 1. The first-order chi connectivity index (χ1) is 39.5. The van der Waals surface area contributed by atoms with Gasteiger partial charge in [-0.3, -0.25) is 13.4 Å². The number of benzene rings is 4. The van der Waals surface area contributed by atoms with Gasteiger partial charge in [-0.25, -0.2) is 26.8 Å². The normalized spacial score (nSPS) is 13.8. The fraction of sp³-hybridized carbons (Fsp3) is 0.245. The number of nitrogens with one attached hydrogen (secondary N) is 2. The maximum Gasteiger partial charge on any atom is 0.573 e. The first-order valence-corrected chi connectivity index (χ1v) is 26.9. The number of nitrogens with zero attached hydrogens (tertiary/aromatic N) is 12. The van der Waals surface area contributed by atoms with E-state index in [0.29, 0.717) is 12.1 Å². The number of aromatic nitrogens is 10. The van der Waals surface area contributed by atoms with Crippen LogP contribution in [0.2, 0.25) is 0 Å². The third-order valence-electron chi connectivity index (χ3n) is 11.8. The van der Waals surface area contributed by atoms with Gasteiger partial charge >= 0.3 is 25.1 Å². The molecule has 0 atom stereocenters. The van der Waals surface area contributed by atoms with Crippen molar-refractivity contribution in [1.82, 2.24) is 50.4 Å². The number of anilines is 6. The predicted molar refractivity (Wildman–Crippen MR) is 272 cm³/mol. The van der Waals surface area contributed by atoms with Crippen LogP contribution in [-0.4, -0.2) is 96.4 Å². The van der Waals surface area contributed by atoms with E-state index in [1.54, 1.807) is 0 Å². The molecule has 0 bridgehead atoms. The molecule has 0 amide bonds. The molecule has 2 aliphatic heterocycles. The van der Waals surface area contributed by atoms with Crippen LogP contribution in [0.5, 0.6) is 11.5 Å². The standard InChI is InChI=1S/C25H21F6N7O4S.C24H17F6N7O4S/c1-23(2,39)13-38-35-22(34-36-38)17-4-3-5-18-20(17)37(12-14-6-11-19(24(26,27)28)33-21(14)32-18)43(40,41)16-9-7-15(8-10-16)42-25(29,30)31;1-13(38)11-37-34-22(33-35-37)17-3-2-4-18-20(17)36(12-14-5-10-19(23(25,26)27)32-21(14)31-18)42(39,40)16-8-6-15(7-9-16)41-24(28,29)30/h3-11,39H,12-13H2,1-2H3,(H,32,33);2-10H,11-12H2,1H3,(H,31,32). The van der Waals surface area contributed by atoms with Gasteiger partial charge in [0.05, 0.1) is 57.8 Å². The molecule has 0 spiro atoms. The van der Waals surface area contributed by atoms with Crippen LogP contribution in [-0.2, 0) is 63.4 Å². The number of carbonyl (C=O) groups is 1. The van der Waals surface area contributed by atoms with Gasteiger partial charge in [0.2, 0.25) is 11.6 Å². The predicted octanol–water partition coefficient (Wildman–Crippen LogP) is 9.57. The number of hydrogen-bond donors (Lipinski definition) is 3. The van der Waals surface area contributed by atoms with Crippen LogP contribution in [0.4, 0.5) is 87.1 Å². The summed E-state index contributed by atoms with van der Waals surface area (Å²) >= 11 is 0. The van der Waals surface area contributed by atoms with Crippen molar-refractivity contribution in [2.24, 2.45) is 0 Å². The van der Waals surface area contributed by atoms with Crippen molar-refractivity contribution in [1.29, 1.82) is 0 Å². The molecule has 448 valence electrons. The Balaban J connectivity index is 0.000000204. The van der Waals surface area contributed by atoms with Gasteiger partial charge in [0, 0.05) is 22.3 Å². The molecule has 2 aliphatic rings. The van der Waals surface area contributed by atoms with E-state index in [1.165, 1.54) is 57.2 Å². The van der Waals surface area contributed by atoms with Crippen molar-refractivity contribution in [3.8, 4) is 34.3 Å². The lowest BCUT2D eigenvalue weighted by atomic mass is 10.1. The van der Waals surface area contributed by atoms with E-state index in [9.17, 15) is 79.4 Å². The summed E-state index contributed by atoms with van der Waals surface area (Å²) < 4.78 is 222. The summed E-state index contributed by atoms with van der Waals surface area (Å²) in [4.78, 5) is 20.0. The van der Waals surface area contributed by atoms with E-state index in [-0.39, 0.29) is 87.2 Å². The minimum absolute atomic E-state index is 0.00147. The Hall–Kier alpha value is -9.19. The zero-order chi connectivity index (χ0) is 61.8. The number of aliphatic hydroxyl groups is 1. The van der Waals surface area contributed by atoms with Gasteiger partial charge in [0.1, 0.15) is 41.1 Å². The molecule has 0 fully saturated rings. The van der Waals surface area contributed by atoms with E-state index in [4.69, 9.17) is 0 Å². The van der Waals surface area contributed by atoms with Gasteiger partial charge < -0.3 is 25.2 Å². The van der Waals surface area contributed by atoms with Gasteiger partial charge in [-0.2, -0.15) is 35.9 Å². The monoisotopic (exact) mass is 1240 g/mol. The van der Waals surface area contributed by atoms with Crippen molar-refractivity contribution >= 4 is 60.2 Å². The molecule has 0 aliphatic carbocycles. The number of ketones is 1. The highest BCUT2D eigenvalue weighted by Crippen LogP contribution is 2.47. The summed E-state index contributed by atoms with van der Waals surface area (Å²) in [5.74, 6) is -2.35. The number of rotatable bonds is 12. The Morgan fingerprint density at radius 2 is 0.953 bits per heavy atom. The molecule has 85 heavy (non-hydrogen) atoms. The molecule has 3 N–H and O–H groups in total. The minimum atomic E-state index is -5.01. The zero-order valence-corrected chi connectivity index (χ0v) is 44.9. The largest absolute Gasteiger partial charge is 0.573 e. The van der Waals surface area contributed by atoms with E-state index < -0.39 is 96.5 Å². The highest BCUT2D eigenvalue weighted by atomic mass is 32.2. The molecule has 6 heterocycles. The molecule has 36 heteroatoms. The van der Waals surface area contributed by atoms with Gasteiger partial charge in [0.25, 0.3) is 20.0 Å². The molecule has 8 aromatic rings. The molecule has 0 radical (unpaired) electrons. The van der Waals surface area contributed by atoms with Crippen molar-refractivity contribution in [3.63, 3.8) is 0 Å². The Kier molecular flexibility index (Phi) is 15.7. The first kappa shape index (κ1) is 60.4. The molecule has 22 nitrogen and oxygen atoms in total. The minimum Gasteiger partial charge on any atom is -0.406 e. The number of sulfonamides is 2. The lowest BCUT2D eigenvalue weighted by Gasteiger charge is -2.26. The highest BCUT2D eigenvalue weighted by Gasteiger charge is 2.40. The van der Waals surface area contributed by atoms with Gasteiger partial charge in [0.15, 0.2) is 5.78 Å². The van der Waals surface area contributed by atoms with Crippen molar-refractivity contribution in [2.75, 3.05) is 19.2 Å². The van der Waals surface area contributed by atoms with E-state index in [1.807, 2.05) is 0 Å². The Labute approximate surface area is 470 Å². The SMILES string of the molecule is CC(=O)Cn1nnc(-c2cccc3c2N(S(=O)(=O)c2ccc(OC(F)(F)F)cc2)Cc2ccc(C(F)(F)F)nc2N3)n1.CC(C)(O)Cn1nnc(-c2cccc3c2N(S(=O)(=O)c2ccc(OC(F)(F)F)cc2)Cc2ccc(C(F)(F)F)nc2N3)n1. The fourth-order valence-electron chi connectivity index (χ4n) is 8.35. The average Bonchev–Trinajstić information content (AvgIpc) is 2.30. The van der Waals surface area contributed by atoms with Crippen LogP contribution in [0.15, 0.2) is 119 Å². The quantitative estimate of drug-likeness (QED) is 0.0961. The second kappa shape index (κ2) is 22.1. The summed E-state index contributed by atoms with van der Waals surface area (Å²) in [7, 11) is -9.22. The number of alkyl halides is 12. The Bertz CT molecular complexity index is 4060. The Morgan fingerprint density at radius 3 is 1.32 bits per heavy atom. The number of tetrazole rings is 2. The average molecular weight is 1240 g/mol. The third kappa shape index (κ3) is 13.8. The van der Waals surface area contributed by atoms with E-state index >= 15 is 0 Å². The van der Waals surface area contributed by atoms with Gasteiger partial charge in [-0.1, -0.05) is 24.3 Å². The first-order valence-electron chi connectivity index (χ1n) is 24.0. The van der Waals surface area contributed by atoms with Crippen LogP contribution in [0.25, 0.3) is 22.8 Å². The van der Waals surface area contributed by atoms with Crippen LogP contribution in [0.3, 0.4) is 0 Å². The second-order valence-corrected chi connectivity index (χ2v) is 22.6. The highest BCUT2D eigenvalue weighted by molar-refractivity contribution is 7.93. The third-order valence-corrected chi connectivity index (χ3v) is 15.3. The second-order valence-electron chi connectivity index (χ2n) is 18.9. The Morgan fingerprint density at radius 1 is 0.565 bits per heavy atom. The number of para-hydroxylation sites is 2. The molecule has 4 aromatic carbocycles. The van der Waals surface area contributed by atoms with Crippen molar-refractivity contribution < 1.29 is 88.9 Å². The number of carbonyl (C=O) groups excluding carboxylic acids is 1. The lowest BCUT2D eigenvalue weighted by Crippen LogP contribution is -2.31. The maximum atomic E-state index is 14.1. The van der Waals surface area contributed by atoms with Crippen LogP contribution in [0.1, 0.15) is 43.3 Å². The summed E-state index contributed by atoms with van der Waals surface area (Å²) in [5.41, 5.74) is -3.57. The molecule has 0 saturated heterocycles. The van der Waals surface area contributed by atoms with Crippen LogP contribution in [0, 0.1) is 0 Å².